The number of nitriles is 1. The van der Waals surface area contributed by atoms with Crippen LogP contribution in [0.2, 0.25) is 0 Å². The van der Waals surface area contributed by atoms with Gasteiger partial charge in [0, 0.05) is 23.2 Å². The first-order chi connectivity index (χ1) is 8.20. The average molecular weight is 248 g/mol. The van der Waals surface area contributed by atoms with E-state index in [9.17, 15) is 4.79 Å². The van der Waals surface area contributed by atoms with Gasteiger partial charge in [-0.2, -0.15) is 5.26 Å². The molecular formula is C11H12N4OS. The zero-order valence-corrected chi connectivity index (χ0v) is 10.2. The third-order valence-electron chi connectivity index (χ3n) is 2.33. The number of aryl methyl sites for hydroxylation is 1. The minimum Gasteiger partial charge on any atom is -0.304 e. The molecule has 0 aromatic carbocycles. The Hall–Kier alpha value is -1.87. The van der Waals surface area contributed by atoms with Crippen molar-refractivity contribution in [2.24, 2.45) is 5.92 Å². The summed E-state index contributed by atoms with van der Waals surface area (Å²) in [6.45, 7) is 1.87. The number of carbonyl (C=O) groups excluding carboxylic acids is 1. The van der Waals surface area contributed by atoms with Crippen molar-refractivity contribution in [3.05, 3.63) is 22.3 Å². The largest absolute Gasteiger partial charge is 0.304 e. The summed E-state index contributed by atoms with van der Waals surface area (Å²) < 4.78 is 0. The Morgan fingerprint density at radius 1 is 1.71 bits per heavy atom. The quantitative estimate of drug-likeness (QED) is 0.622. The Morgan fingerprint density at radius 2 is 2.47 bits per heavy atom. The molecular weight excluding hydrogens is 236 g/mol. The third-order valence-corrected chi connectivity index (χ3v) is 3.32. The molecule has 1 heterocycles. The number of carbonyl (C=O) groups is 1. The van der Waals surface area contributed by atoms with E-state index in [1.165, 1.54) is 17.5 Å². The molecule has 0 atom stereocenters. The topological polar surface area (TPSA) is 77.8 Å². The molecule has 6 heteroatoms. The van der Waals surface area contributed by atoms with Gasteiger partial charge in [-0.05, 0) is 19.8 Å². The van der Waals surface area contributed by atoms with E-state index in [-0.39, 0.29) is 11.8 Å². The van der Waals surface area contributed by atoms with Crippen molar-refractivity contribution in [1.82, 2.24) is 15.8 Å². The number of hydrazine groups is 1. The van der Waals surface area contributed by atoms with Gasteiger partial charge in [-0.1, -0.05) is 0 Å². The van der Waals surface area contributed by atoms with E-state index >= 15 is 0 Å². The highest BCUT2D eigenvalue weighted by Gasteiger charge is 2.29. The first-order valence-corrected chi connectivity index (χ1v) is 6.17. The zero-order chi connectivity index (χ0) is 12.3. The number of nitrogens with zero attached hydrogens (tertiary/aromatic N) is 2. The molecule has 1 saturated carbocycles. The van der Waals surface area contributed by atoms with E-state index in [1.807, 2.05) is 18.4 Å². The predicted octanol–water partition coefficient (Wildman–Crippen LogP) is 1.35. The number of aromatic nitrogens is 1. The minimum atomic E-state index is -0.0196. The summed E-state index contributed by atoms with van der Waals surface area (Å²) in [5, 5.41) is 11.5. The van der Waals surface area contributed by atoms with Gasteiger partial charge in [0.2, 0.25) is 5.91 Å². The number of nitrogens with one attached hydrogen (secondary N) is 2. The molecule has 88 valence electrons. The Bertz CT molecular complexity index is 496. The van der Waals surface area contributed by atoms with Gasteiger partial charge in [0.05, 0.1) is 0 Å². The fourth-order valence-corrected chi connectivity index (χ4v) is 2.01. The van der Waals surface area contributed by atoms with Gasteiger partial charge in [0.15, 0.2) is 0 Å². The number of hydrogen-bond donors (Lipinski definition) is 2. The van der Waals surface area contributed by atoms with E-state index in [0.29, 0.717) is 10.6 Å². The Labute approximate surface area is 103 Å². The van der Waals surface area contributed by atoms with E-state index in [4.69, 9.17) is 5.26 Å². The minimum absolute atomic E-state index is 0.0196. The standard InChI is InChI=1S/C11H12N4OS/c1-7-6-17-11(14-7)9(4-12)5-13-15-10(16)8-2-3-8/h5-6,8,13H,2-3H2,1H3,(H,15,16)/b9-5+. The van der Waals surface area contributed by atoms with Crippen LogP contribution in [0.25, 0.3) is 5.57 Å². The predicted molar refractivity (Wildman–Crippen MR) is 64.4 cm³/mol. The van der Waals surface area contributed by atoms with E-state index in [0.717, 1.165) is 18.5 Å². The number of hydrogen-bond acceptors (Lipinski definition) is 5. The molecule has 0 saturated heterocycles. The van der Waals surface area contributed by atoms with Gasteiger partial charge < -0.3 is 5.43 Å². The average Bonchev–Trinajstić information content (AvgIpc) is 3.08. The normalized spacial score (nSPS) is 15.2. The smallest absolute Gasteiger partial charge is 0.241 e. The van der Waals surface area contributed by atoms with Crippen LogP contribution in [0.3, 0.4) is 0 Å². The summed E-state index contributed by atoms with van der Waals surface area (Å²) in [6.07, 6.45) is 3.38. The van der Waals surface area contributed by atoms with Crippen molar-refractivity contribution in [3.63, 3.8) is 0 Å². The zero-order valence-electron chi connectivity index (χ0n) is 9.36. The second-order valence-corrected chi connectivity index (χ2v) is 4.73. The molecule has 1 aliphatic carbocycles. The van der Waals surface area contributed by atoms with Crippen molar-refractivity contribution in [3.8, 4) is 6.07 Å². The van der Waals surface area contributed by atoms with Gasteiger partial charge in [-0.25, -0.2) is 4.98 Å². The van der Waals surface area contributed by atoms with Crippen LogP contribution >= 0.6 is 11.3 Å². The Kier molecular flexibility index (Phi) is 3.40. The van der Waals surface area contributed by atoms with Crippen LogP contribution in [0.15, 0.2) is 11.6 Å². The molecule has 0 unspecified atom stereocenters. The Morgan fingerprint density at radius 3 is 3.00 bits per heavy atom. The van der Waals surface area contributed by atoms with Gasteiger partial charge >= 0.3 is 0 Å². The SMILES string of the molecule is Cc1csc(/C(C#N)=C/NNC(=O)C2CC2)n1. The van der Waals surface area contributed by atoms with Crippen LogP contribution in [0, 0.1) is 24.2 Å². The molecule has 1 aliphatic rings. The van der Waals surface area contributed by atoms with Crippen LogP contribution in [0.5, 0.6) is 0 Å². The summed E-state index contributed by atoms with van der Waals surface area (Å²) in [7, 11) is 0. The highest BCUT2D eigenvalue weighted by Crippen LogP contribution is 2.28. The lowest BCUT2D eigenvalue weighted by atomic mass is 10.3. The molecule has 2 N–H and O–H groups in total. The van der Waals surface area contributed by atoms with E-state index in [2.05, 4.69) is 15.8 Å². The Balaban J connectivity index is 1.94. The number of thiazole rings is 1. The summed E-state index contributed by atoms with van der Waals surface area (Å²) in [4.78, 5) is 15.5. The second-order valence-electron chi connectivity index (χ2n) is 3.87. The highest BCUT2D eigenvalue weighted by molar-refractivity contribution is 7.10. The van der Waals surface area contributed by atoms with Crippen LogP contribution in [-0.2, 0) is 4.79 Å². The number of amides is 1. The molecule has 1 fully saturated rings. The molecule has 0 bridgehead atoms. The first-order valence-electron chi connectivity index (χ1n) is 5.29. The maximum atomic E-state index is 11.3. The molecule has 5 nitrogen and oxygen atoms in total. The molecule has 1 aromatic heterocycles. The maximum absolute atomic E-state index is 11.3. The van der Waals surface area contributed by atoms with Crippen LogP contribution in [0.4, 0.5) is 0 Å². The van der Waals surface area contributed by atoms with Gasteiger partial charge in [-0.15, -0.1) is 11.3 Å². The van der Waals surface area contributed by atoms with Gasteiger partial charge in [0.25, 0.3) is 0 Å². The van der Waals surface area contributed by atoms with Crippen molar-refractivity contribution >= 4 is 22.8 Å². The van der Waals surface area contributed by atoms with Crippen LogP contribution in [-0.4, -0.2) is 10.9 Å². The third kappa shape index (κ3) is 3.04. The van der Waals surface area contributed by atoms with Crippen molar-refractivity contribution in [1.29, 1.82) is 5.26 Å². The summed E-state index contributed by atoms with van der Waals surface area (Å²) in [6, 6.07) is 2.05. The molecule has 17 heavy (non-hydrogen) atoms. The van der Waals surface area contributed by atoms with Crippen LogP contribution in [0.1, 0.15) is 23.5 Å². The van der Waals surface area contributed by atoms with Crippen molar-refractivity contribution in [2.75, 3.05) is 0 Å². The fourth-order valence-electron chi connectivity index (χ4n) is 1.25. The van der Waals surface area contributed by atoms with Gasteiger partial charge in [0.1, 0.15) is 16.6 Å². The lowest BCUT2D eigenvalue weighted by molar-refractivity contribution is -0.122. The summed E-state index contributed by atoms with van der Waals surface area (Å²) in [5.41, 5.74) is 6.49. The monoisotopic (exact) mass is 248 g/mol. The molecule has 2 rings (SSSR count). The van der Waals surface area contributed by atoms with E-state index in [1.54, 1.807) is 0 Å². The molecule has 0 spiro atoms. The van der Waals surface area contributed by atoms with E-state index < -0.39 is 0 Å². The molecule has 1 aromatic rings. The second kappa shape index (κ2) is 4.97. The molecule has 1 amide bonds. The maximum Gasteiger partial charge on any atom is 0.241 e. The summed E-state index contributed by atoms with van der Waals surface area (Å²) in [5.74, 6) is 0.123. The van der Waals surface area contributed by atoms with Gasteiger partial charge in [-0.3, -0.25) is 10.2 Å². The lowest BCUT2D eigenvalue weighted by Gasteiger charge is -2.02. The van der Waals surface area contributed by atoms with Crippen molar-refractivity contribution in [2.45, 2.75) is 19.8 Å². The van der Waals surface area contributed by atoms with Crippen molar-refractivity contribution < 1.29 is 4.79 Å². The number of allylic oxidation sites excluding steroid dienone is 1. The molecule has 0 radical (unpaired) electrons. The first kappa shape index (κ1) is 11.6. The fraction of sp³-hybridized carbons (Fsp3) is 0.364. The molecule has 0 aliphatic heterocycles. The summed E-state index contributed by atoms with van der Waals surface area (Å²) >= 11 is 1.41. The lowest BCUT2D eigenvalue weighted by Crippen LogP contribution is -2.34. The number of rotatable bonds is 4. The highest BCUT2D eigenvalue weighted by atomic mass is 32.1. The van der Waals surface area contributed by atoms with Crippen LogP contribution < -0.4 is 10.9 Å².